The van der Waals surface area contributed by atoms with E-state index in [-0.39, 0.29) is 0 Å². The highest BCUT2D eigenvalue weighted by atomic mass is 14.1. The van der Waals surface area contributed by atoms with Crippen LogP contribution in [0.1, 0.15) is 89.9 Å². The van der Waals surface area contributed by atoms with Crippen molar-refractivity contribution in [2.24, 2.45) is 0 Å². The SMILES string of the molecule is C=CC(=C)CCCCC(=C)CCCCCCC(=C)CCCCC(=C)C=C. The minimum Gasteiger partial charge on any atom is -0.0999 e. The van der Waals surface area contributed by atoms with Crippen molar-refractivity contribution in [3.8, 4) is 0 Å². The standard InChI is InChI=1S/C26H42/c1-7-23(3)17-13-15-21-25(5)19-11-9-10-12-20-26(6)22-16-14-18-24(4)8-2/h7-8H,1-6,9-22H2. The number of unbranched alkanes of at least 4 members (excludes halogenated alkanes) is 5. The topological polar surface area (TPSA) is 0 Å². The van der Waals surface area contributed by atoms with E-state index < -0.39 is 0 Å². The van der Waals surface area contributed by atoms with Gasteiger partial charge >= 0.3 is 0 Å². The van der Waals surface area contributed by atoms with Crippen LogP contribution in [0.15, 0.2) is 73.9 Å². The number of allylic oxidation sites excluding steroid dienone is 6. The van der Waals surface area contributed by atoms with Crippen molar-refractivity contribution >= 4 is 0 Å². The zero-order valence-corrected chi connectivity index (χ0v) is 17.3. The molecule has 0 aromatic carbocycles. The van der Waals surface area contributed by atoms with Gasteiger partial charge in [-0.05, 0) is 77.0 Å². The smallest absolute Gasteiger partial charge is 0.0285 e. The molecule has 0 heteroatoms. The third kappa shape index (κ3) is 15.9. The Morgan fingerprint density at radius 1 is 0.423 bits per heavy atom. The summed E-state index contributed by atoms with van der Waals surface area (Å²) in [7, 11) is 0. The zero-order chi connectivity index (χ0) is 19.6. The molecule has 0 radical (unpaired) electrons. The fourth-order valence-corrected chi connectivity index (χ4v) is 3.01. The van der Waals surface area contributed by atoms with Crippen LogP contribution in [-0.2, 0) is 0 Å². The molecular formula is C26H42. The molecule has 0 heterocycles. The van der Waals surface area contributed by atoms with Gasteiger partial charge in [-0.15, -0.1) is 0 Å². The fourth-order valence-electron chi connectivity index (χ4n) is 3.01. The molecule has 26 heavy (non-hydrogen) atoms. The molecule has 146 valence electrons. The second kappa shape index (κ2) is 16.9. The Hall–Kier alpha value is -1.56. The van der Waals surface area contributed by atoms with Gasteiger partial charge in [0.25, 0.3) is 0 Å². The first-order chi connectivity index (χ1) is 12.5. The van der Waals surface area contributed by atoms with E-state index >= 15 is 0 Å². The van der Waals surface area contributed by atoms with Gasteiger partial charge in [0.15, 0.2) is 0 Å². The molecule has 0 aromatic heterocycles. The molecule has 0 amide bonds. The average molecular weight is 355 g/mol. The second-order valence-corrected chi connectivity index (χ2v) is 7.55. The summed E-state index contributed by atoms with van der Waals surface area (Å²) in [4.78, 5) is 0. The summed E-state index contributed by atoms with van der Waals surface area (Å²) in [6.07, 6.45) is 20.7. The summed E-state index contributed by atoms with van der Waals surface area (Å²) < 4.78 is 0. The van der Waals surface area contributed by atoms with Crippen molar-refractivity contribution in [1.82, 2.24) is 0 Å². The van der Waals surface area contributed by atoms with Gasteiger partial charge < -0.3 is 0 Å². The number of rotatable bonds is 19. The minimum atomic E-state index is 1.07. The maximum absolute atomic E-state index is 4.23. The van der Waals surface area contributed by atoms with Crippen LogP contribution >= 0.6 is 0 Å². The van der Waals surface area contributed by atoms with E-state index in [4.69, 9.17) is 0 Å². The third-order valence-corrected chi connectivity index (χ3v) is 4.94. The van der Waals surface area contributed by atoms with Crippen LogP contribution in [0.5, 0.6) is 0 Å². The van der Waals surface area contributed by atoms with E-state index in [0.29, 0.717) is 0 Å². The Labute approximate surface area is 164 Å². The first-order valence-electron chi connectivity index (χ1n) is 10.4. The largest absolute Gasteiger partial charge is 0.0999 e. The van der Waals surface area contributed by atoms with Gasteiger partial charge in [-0.3, -0.25) is 0 Å². The molecule has 0 aliphatic heterocycles. The Balaban J connectivity index is 3.43. The number of hydrogen-bond acceptors (Lipinski definition) is 0. The van der Waals surface area contributed by atoms with Gasteiger partial charge in [-0.2, -0.15) is 0 Å². The predicted octanol–water partition coefficient (Wildman–Crippen LogP) is 9.04. The molecule has 0 bridgehead atoms. The van der Waals surface area contributed by atoms with Crippen molar-refractivity contribution in [3.05, 3.63) is 73.9 Å². The lowest BCUT2D eigenvalue weighted by atomic mass is 9.99. The maximum atomic E-state index is 4.23. The van der Waals surface area contributed by atoms with Crippen LogP contribution < -0.4 is 0 Å². The zero-order valence-electron chi connectivity index (χ0n) is 17.3. The van der Waals surface area contributed by atoms with Gasteiger partial charge in [0.1, 0.15) is 0 Å². The molecule has 0 aliphatic carbocycles. The summed E-state index contributed by atoms with van der Waals surface area (Å²) in [5.74, 6) is 0. The Morgan fingerprint density at radius 3 is 1.00 bits per heavy atom. The van der Waals surface area contributed by atoms with Crippen molar-refractivity contribution in [3.63, 3.8) is 0 Å². The third-order valence-electron chi connectivity index (χ3n) is 4.94. The molecular weight excluding hydrogens is 312 g/mol. The molecule has 0 aromatic rings. The quantitative estimate of drug-likeness (QED) is 0.123. The molecule has 0 atom stereocenters. The highest BCUT2D eigenvalue weighted by molar-refractivity contribution is 5.11. The molecule has 0 fully saturated rings. The van der Waals surface area contributed by atoms with Gasteiger partial charge in [-0.1, -0.05) is 86.8 Å². The summed E-state index contributed by atoms with van der Waals surface area (Å²) in [5, 5.41) is 0. The van der Waals surface area contributed by atoms with E-state index in [1.807, 2.05) is 12.2 Å². The molecule has 0 spiro atoms. The number of hydrogen-bond donors (Lipinski definition) is 0. The predicted molar refractivity (Wildman–Crippen MR) is 122 cm³/mol. The molecule has 0 aliphatic rings. The lowest BCUT2D eigenvalue weighted by molar-refractivity contribution is 0.612. The second-order valence-electron chi connectivity index (χ2n) is 7.55. The summed E-state index contributed by atoms with van der Waals surface area (Å²) in [6, 6.07) is 0. The van der Waals surface area contributed by atoms with Crippen LogP contribution in [0.25, 0.3) is 0 Å². The molecule has 0 N–H and O–H groups in total. The van der Waals surface area contributed by atoms with Crippen LogP contribution in [0, 0.1) is 0 Å². The lowest BCUT2D eigenvalue weighted by Gasteiger charge is -2.07. The molecule has 0 saturated carbocycles. The average Bonchev–Trinajstić information content (AvgIpc) is 2.64. The van der Waals surface area contributed by atoms with E-state index in [1.54, 1.807) is 0 Å². The Morgan fingerprint density at radius 2 is 0.692 bits per heavy atom. The van der Waals surface area contributed by atoms with Crippen molar-refractivity contribution in [2.75, 3.05) is 0 Å². The van der Waals surface area contributed by atoms with Crippen molar-refractivity contribution < 1.29 is 0 Å². The first kappa shape index (κ1) is 24.4. The first-order valence-corrected chi connectivity index (χ1v) is 10.4. The van der Waals surface area contributed by atoms with Crippen molar-refractivity contribution in [1.29, 1.82) is 0 Å². The fraction of sp³-hybridized carbons (Fsp3) is 0.538. The van der Waals surface area contributed by atoms with E-state index in [9.17, 15) is 0 Å². The maximum Gasteiger partial charge on any atom is -0.0285 e. The van der Waals surface area contributed by atoms with Crippen molar-refractivity contribution in [2.45, 2.75) is 89.9 Å². The normalized spacial score (nSPS) is 10.3. The Kier molecular flexibility index (Phi) is 15.9. The lowest BCUT2D eigenvalue weighted by Crippen LogP contribution is -1.88. The molecule has 0 nitrogen and oxygen atoms in total. The monoisotopic (exact) mass is 354 g/mol. The highest BCUT2D eigenvalue weighted by Gasteiger charge is 1.99. The Bertz CT molecular complexity index is 416. The molecule has 0 rings (SSSR count). The molecule has 0 unspecified atom stereocenters. The van der Waals surface area contributed by atoms with E-state index in [1.165, 1.54) is 88.2 Å². The minimum absolute atomic E-state index is 1.07. The van der Waals surface area contributed by atoms with Crippen LogP contribution in [0.3, 0.4) is 0 Å². The van der Waals surface area contributed by atoms with Gasteiger partial charge in [0.2, 0.25) is 0 Å². The van der Waals surface area contributed by atoms with E-state index in [2.05, 4.69) is 39.5 Å². The van der Waals surface area contributed by atoms with Crippen LogP contribution in [0.4, 0.5) is 0 Å². The van der Waals surface area contributed by atoms with Crippen LogP contribution in [-0.4, -0.2) is 0 Å². The van der Waals surface area contributed by atoms with Gasteiger partial charge in [0, 0.05) is 0 Å². The van der Waals surface area contributed by atoms with Crippen LogP contribution in [0.2, 0.25) is 0 Å². The van der Waals surface area contributed by atoms with Gasteiger partial charge in [0.05, 0.1) is 0 Å². The van der Waals surface area contributed by atoms with Gasteiger partial charge in [-0.25, -0.2) is 0 Å². The molecule has 0 saturated heterocycles. The van der Waals surface area contributed by atoms with E-state index in [0.717, 1.165) is 24.0 Å². The summed E-state index contributed by atoms with van der Waals surface area (Å²) in [5.41, 5.74) is 5.14. The highest BCUT2D eigenvalue weighted by Crippen LogP contribution is 2.19. The summed E-state index contributed by atoms with van der Waals surface area (Å²) in [6.45, 7) is 23.9. The summed E-state index contributed by atoms with van der Waals surface area (Å²) >= 11 is 0.